The van der Waals surface area contributed by atoms with Crippen molar-refractivity contribution in [2.24, 2.45) is 4.99 Å². The molecule has 0 aliphatic carbocycles. The van der Waals surface area contributed by atoms with Gasteiger partial charge in [0.05, 0.1) is 18.9 Å². The Balaban J connectivity index is 1.70. The molecule has 0 atom stereocenters. The first-order valence-electron chi connectivity index (χ1n) is 8.64. The summed E-state index contributed by atoms with van der Waals surface area (Å²) in [5, 5.41) is 2.19. The number of imidazole rings is 1. The smallest absolute Gasteiger partial charge is 0.363 e. The van der Waals surface area contributed by atoms with E-state index >= 15 is 0 Å². The van der Waals surface area contributed by atoms with E-state index < -0.39 is 5.97 Å². The van der Waals surface area contributed by atoms with Crippen LogP contribution in [0.5, 0.6) is 11.5 Å². The number of thiazole rings is 1. The Morgan fingerprint density at radius 2 is 2.04 bits per heavy atom. The van der Waals surface area contributed by atoms with Crippen LogP contribution in [0, 0.1) is 0 Å². The molecule has 0 saturated heterocycles. The molecule has 2 aromatic heterocycles. The molecule has 3 heterocycles. The maximum absolute atomic E-state index is 12.3. The number of benzene rings is 1. The van der Waals surface area contributed by atoms with E-state index in [1.165, 1.54) is 11.3 Å². The van der Waals surface area contributed by atoms with E-state index in [1.54, 1.807) is 28.7 Å². The molecule has 0 unspecified atom stereocenters. The summed E-state index contributed by atoms with van der Waals surface area (Å²) in [6, 6.07) is 5.28. The van der Waals surface area contributed by atoms with Crippen LogP contribution in [-0.4, -0.2) is 34.5 Å². The highest BCUT2D eigenvalue weighted by molar-refractivity contribution is 7.15. The highest BCUT2D eigenvalue weighted by Gasteiger charge is 2.26. The van der Waals surface area contributed by atoms with Gasteiger partial charge in [-0.25, -0.2) is 14.8 Å². The monoisotopic (exact) mass is 417 g/mol. The minimum absolute atomic E-state index is 0.150. The van der Waals surface area contributed by atoms with Gasteiger partial charge in [-0.3, -0.25) is 4.40 Å². The molecule has 0 bridgehead atoms. The third kappa shape index (κ3) is 3.36. The van der Waals surface area contributed by atoms with Crippen molar-refractivity contribution in [1.29, 1.82) is 0 Å². The molecule has 0 spiro atoms. The normalized spacial score (nSPS) is 15.2. The van der Waals surface area contributed by atoms with Crippen molar-refractivity contribution in [2.45, 2.75) is 13.8 Å². The number of halogens is 1. The van der Waals surface area contributed by atoms with Gasteiger partial charge in [0.15, 0.2) is 27.3 Å². The number of aromatic nitrogens is 2. The zero-order valence-corrected chi connectivity index (χ0v) is 16.7. The number of hydrogen-bond acceptors (Lipinski definition) is 7. The summed E-state index contributed by atoms with van der Waals surface area (Å²) in [7, 11) is 0. The van der Waals surface area contributed by atoms with E-state index in [4.69, 9.17) is 25.8 Å². The Morgan fingerprint density at radius 1 is 1.25 bits per heavy atom. The number of aliphatic imine (C=N–C) groups is 1. The zero-order chi connectivity index (χ0) is 19.7. The Labute approximate surface area is 169 Å². The van der Waals surface area contributed by atoms with Crippen molar-refractivity contribution < 1.29 is 19.0 Å². The van der Waals surface area contributed by atoms with Crippen LogP contribution in [0.2, 0.25) is 5.15 Å². The Hall–Kier alpha value is -2.84. The maximum atomic E-state index is 12.3. The van der Waals surface area contributed by atoms with E-state index in [2.05, 4.69) is 9.98 Å². The summed E-state index contributed by atoms with van der Waals surface area (Å²) in [5.41, 5.74) is 1.34. The van der Waals surface area contributed by atoms with Gasteiger partial charge < -0.3 is 14.2 Å². The van der Waals surface area contributed by atoms with Crippen LogP contribution in [0.25, 0.3) is 11.0 Å². The van der Waals surface area contributed by atoms with Crippen molar-refractivity contribution in [1.82, 2.24) is 9.38 Å². The van der Waals surface area contributed by atoms with E-state index in [-0.39, 0.29) is 11.6 Å². The molecule has 7 nitrogen and oxygen atoms in total. The second kappa shape index (κ2) is 7.65. The van der Waals surface area contributed by atoms with Gasteiger partial charge in [-0.1, -0.05) is 11.6 Å². The van der Waals surface area contributed by atoms with Crippen LogP contribution in [0.1, 0.15) is 25.1 Å². The molecule has 144 valence electrons. The lowest BCUT2D eigenvalue weighted by atomic mass is 10.2. The van der Waals surface area contributed by atoms with Crippen molar-refractivity contribution in [2.75, 3.05) is 13.2 Å². The molecule has 28 heavy (non-hydrogen) atoms. The predicted molar refractivity (Wildman–Crippen MR) is 107 cm³/mol. The van der Waals surface area contributed by atoms with Crippen molar-refractivity contribution in [3.8, 4) is 11.5 Å². The highest BCUT2D eigenvalue weighted by atomic mass is 35.5. The van der Waals surface area contributed by atoms with Crippen LogP contribution in [0.4, 0.5) is 0 Å². The SMILES string of the molecule is CCOc1ccc(C2=N/C(=C/c3c(Cl)nc4sccn34)C(=O)O2)cc1OCC. The lowest BCUT2D eigenvalue weighted by Gasteiger charge is -2.11. The molecule has 4 rings (SSSR count). The topological polar surface area (TPSA) is 74.4 Å². The number of carbonyl (C=O) groups is 1. The van der Waals surface area contributed by atoms with Gasteiger partial charge in [0, 0.05) is 17.1 Å². The molecule has 0 amide bonds. The Bertz CT molecular complexity index is 1120. The van der Waals surface area contributed by atoms with Gasteiger partial charge >= 0.3 is 5.97 Å². The van der Waals surface area contributed by atoms with Gasteiger partial charge in [-0.05, 0) is 38.1 Å². The molecule has 0 fully saturated rings. The largest absolute Gasteiger partial charge is 0.490 e. The van der Waals surface area contributed by atoms with E-state index in [0.717, 1.165) is 4.96 Å². The molecule has 1 aliphatic rings. The second-order valence-electron chi connectivity index (χ2n) is 5.71. The fraction of sp³-hybridized carbons (Fsp3) is 0.211. The number of nitrogens with zero attached hydrogens (tertiary/aromatic N) is 3. The summed E-state index contributed by atoms with van der Waals surface area (Å²) < 4.78 is 18.3. The van der Waals surface area contributed by atoms with Gasteiger partial charge in [0.1, 0.15) is 0 Å². The standard InChI is InChI=1S/C19H16ClN3O4S/c1-3-25-14-6-5-11(9-15(14)26-4-2)17-21-12(18(24)27-17)10-13-16(20)22-19-23(13)7-8-28-19/h5-10H,3-4H2,1-2H3/b12-10+. The summed E-state index contributed by atoms with van der Waals surface area (Å²) in [6.07, 6.45) is 3.40. The average Bonchev–Trinajstić information content (AvgIpc) is 3.34. The minimum atomic E-state index is -0.553. The second-order valence-corrected chi connectivity index (χ2v) is 6.94. The third-order valence-electron chi connectivity index (χ3n) is 3.94. The third-order valence-corrected chi connectivity index (χ3v) is 4.97. The molecular formula is C19H16ClN3O4S. The fourth-order valence-electron chi connectivity index (χ4n) is 2.75. The van der Waals surface area contributed by atoms with Crippen molar-refractivity contribution in [3.05, 3.63) is 51.9 Å². The summed E-state index contributed by atoms with van der Waals surface area (Å²) in [6.45, 7) is 4.79. The van der Waals surface area contributed by atoms with E-state index in [0.29, 0.717) is 41.1 Å². The number of cyclic esters (lactones) is 1. The molecule has 0 N–H and O–H groups in total. The summed E-state index contributed by atoms with van der Waals surface area (Å²) >= 11 is 7.64. The first-order valence-corrected chi connectivity index (χ1v) is 9.90. The lowest BCUT2D eigenvalue weighted by Crippen LogP contribution is -2.06. The molecule has 1 aromatic carbocycles. The number of ether oxygens (including phenoxy) is 3. The number of esters is 1. The van der Waals surface area contributed by atoms with E-state index in [1.807, 2.05) is 25.4 Å². The first kappa shape index (κ1) is 18.5. The number of rotatable bonds is 6. The number of hydrogen-bond donors (Lipinski definition) is 0. The van der Waals surface area contributed by atoms with Crippen molar-refractivity contribution in [3.63, 3.8) is 0 Å². The van der Waals surface area contributed by atoms with Gasteiger partial charge in [0.2, 0.25) is 5.90 Å². The van der Waals surface area contributed by atoms with Gasteiger partial charge in [0.25, 0.3) is 0 Å². The molecule has 0 saturated carbocycles. The minimum Gasteiger partial charge on any atom is -0.490 e. The quantitative estimate of drug-likeness (QED) is 0.444. The van der Waals surface area contributed by atoms with Crippen LogP contribution in [-0.2, 0) is 9.53 Å². The van der Waals surface area contributed by atoms with Crippen LogP contribution >= 0.6 is 22.9 Å². The maximum Gasteiger partial charge on any atom is 0.363 e. The van der Waals surface area contributed by atoms with Gasteiger partial charge in [-0.15, -0.1) is 11.3 Å². The number of fused-ring (bicyclic) bond motifs is 1. The molecule has 9 heteroatoms. The molecule has 1 aliphatic heterocycles. The predicted octanol–water partition coefficient (Wildman–Crippen LogP) is 4.19. The lowest BCUT2D eigenvalue weighted by molar-refractivity contribution is -0.129. The van der Waals surface area contributed by atoms with Crippen LogP contribution < -0.4 is 9.47 Å². The Morgan fingerprint density at radius 3 is 2.82 bits per heavy atom. The molecule has 0 radical (unpaired) electrons. The number of carbonyl (C=O) groups excluding carboxylic acids is 1. The van der Waals surface area contributed by atoms with Crippen molar-refractivity contribution >= 4 is 45.8 Å². The van der Waals surface area contributed by atoms with E-state index in [9.17, 15) is 4.79 Å². The van der Waals surface area contributed by atoms with Gasteiger partial charge in [-0.2, -0.15) is 0 Å². The zero-order valence-electron chi connectivity index (χ0n) is 15.1. The Kier molecular flexibility index (Phi) is 5.06. The summed E-state index contributed by atoms with van der Waals surface area (Å²) in [5.74, 6) is 0.835. The van der Waals surface area contributed by atoms with Crippen LogP contribution in [0.3, 0.4) is 0 Å². The highest BCUT2D eigenvalue weighted by Crippen LogP contribution is 2.31. The average molecular weight is 418 g/mol. The first-order chi connectivity index (χ1) is 13.6. The fourth-order valence-corrected chi connectivity index (χ4v) is 3.75. The summed E-state index contributed by atoms with van der Waals surface area (Å²) in [4.78, 5) is 21.6. The molecule has 3 aromatic rings. The molecular weight excluding hydrogens is 402 g/mol. The van der Waals surface area contributed by atoms with Crippen LogP contribution in [0.15, 0.2) is 40.5 Å².